The molecule has 3 aromatic rings. The van der Waals surface area contributed by atoms with Crippen LogP contribution in [-0.2, 0) is 11.3 Å². The number of fused-ring (bicyclic) bond motifs is 1. The first kappa shape index (κ1) is 19.9. The fraction of sp³-hybridized carbons (Fsp3) is 0.462. The van der Waals surface area contributed by atoms with Crippen molar-refractivity contribution in [1.82, 2.24) is 9.55 Å². The van der Waals surface area contributed by atoms with Gasteiger partial charge in [-0.1, -0.05) is 53.7 Å². The molecule has 1 heterocycles. The van der Waals surface area contributed by atoms with Gasteiger partial charge in [0.15, 0.2) is 5.16 Å². The summed E-state index contributed by atoms with van der Waals surface area (Å²) in [5, 5.41) is 1.61. The first-order valence-corrected chi connectivity index (χ1v) is 12.8. The predicted molar refractivity (Wildman–Crippen MR) is 127 cm³/mol. The highest BCUT2D eigenvalue weighted by atomic mass is 35.5. The molecular formula is C26H27ClN2OS. The van der Waals surface area contributed by atoms with Crippen molar-refractivity contribution in [1.29, 1.82) is 0 Å². The van der Waals surface area contributed by atoms with Gasteiger partial charge >= 0.3 is 0 Å². The highest BCUT2D eigenvalue weighted by molar-refractivity contribution is 7.99. The Morgan fingerprint density at radius 1 is 1.03 bits per heavy atom. The third-order valence-electron chi connectivity index (χ3n) is 7.82. The molecule has 4 saturated carbocycles. The van der Waals surface area contributed by atoms with Crippen molar-refractivity contribution < 1.29 is 4.79 Å². The fourth-order valence-electron chi connectivity index (χ4n) is 6.85. The number of carbonyl (C=O) groups is 1. The van der Waals surface area contributed by atoms with Crippen LogP contribution >= 0.6 is 23.4 Å². The Labute approximate surface area is 192 Å². The van der Waals surface area contributed by atoms with Gasteiger partial charge in [0.1, 0.15) is 5.78 Å². The summed E-state index contributed by atoms with van der Waals surface area (Å²) in [6.45, 7) is 0.743. The molecular weight excluding hydrogens is 424 g/mol. The standard InChI is InChI=1S/C26H27ClN2OS/c27-21-6-7-23-22(11-21)28-25(29(23)15-17-4-2-1-3-5-17)31-16-24(30)26-12-18-8-19(13-26)10-20(9-18)14-26/h1-7,11,18-20H,8-10,12-16H2. The number of Topliss-reactive ketones (excluding diaryl/α,β-unsaturated/α-hetero) is 1. The number of hydrogen-bond acceptors (Lipinski definition) is 3. The molecule has 0 aliphatic heterocycles. The monoisotopic (exact) mass is 450 g/mol. The molecule has 160 valence electrons. The molecule has 4 aliphatic carbocycles. The molecule has 0 radical (unpaired) electrons. The van der Waals surface area contributed by atoms with E-state index in [9.17, 15) is 4.79 Å². The van der Waals surface area contributed by atoms with E-state index in [-0.39, 0.29) is 5.41 Å². The van der Waals surface area contributed by atoms with E-state index in [4.69, 9.17) is 16.6 Å². The Hall–Kier alpha value is -1.78. The average Bonchev–Trinajstić information content (AvgIpc) is 3.08. The quantitative estimate of drug-likeness (QED) is 0.396. The van der Waals surface area contributed by atoms with E-state index in [1.807, 2.05) is 24.3 Å². The number of rotatable bonds is 6. The van der Waals surface area contributed by atoms with Crippen LogP contribution in [0.5, 0.6) is 0 Å². The number of benzene rings is 2. The zero-order valence-electron chi connectivity index (χ0n) is 17.6. The summed E-state index contributed by atoms with van der Waals surface area (Å²) in [6, 6.07) is 16.3. The van der Waals surface area contributed by atoms with Crippen LogP contribution in [0, 0.1) is 23.2 Å². The van der Waals surface area contributed by atoms with Crippen molar-refractivity contribution in [3.63, 3.8) is 0 Å². The molecule has 31 heavy (non-hydrogen) atoms. The van der Waals surface area contributed by atoms with E-state index < -0.39 is 0 Å². The molecule has 0 spiro atoms. The Kier molecular flexibility index (Phi) is 4.92. The van der Waals surface area contributed by atoms with Gasteiger partial charge in [0.25, 0.3) is 0 Å². The van der Waals surface area contributed by atoms with Gasteiger partial charge in [0.2, 0.25) is 0 Å². The molecule has 0 amide bonds. The number of hydrogen-bond donors (Lipinski definition) is 0. The maximum Gasteiger partial charge on any atom is 0.169 e. The summed E-state index contributed by atoms with van der Waals surface area (Å²) in [7, 11) is 0. The van der Waals surface area contributed by atoms with E-state index in [1.54, 1.807) is 11.8 Å². The summed E-state index contributed by atoms with van der Waals surface area (Å²) in [5.41, 5.74) is 3.15. The number of halogens is 1. The third kappa shape index (κ3) is 3.62. The lowest BCUT2D eigenvalue weighted by molar-refractivity contribution is -0.141. The van der Waals surface area contributed by atoms with Crippen LogP contribution in [0.1, 0.15) is 44.1 Å². The molecule has 1 aromatic heterocycles. The number of carbonyl (C=O) groups excluding carboxylic acids is 1. The van der Waals surface area contributed by atoms with Crippen LogP contribution in [0.3, 0.4) is 0 Å². The van der Waals surface area contributed by atoms with Crippen molar-refractivity contribution in [2.45, 2.75) is 50.2 Å². The van der Waals surface area contributed by atoms with Crippen molar-refractivity contribution in [2.75, 3.05) is 5.75 Å². The number of nitrogens with zero attached hydrogens (tertiary/aromatic N) is 2. The maximum absolute atomic E-state index is 13.5. The minimum absolute atomic E-state index is 0.0403. The normalized spacial score (nSPS) is 29.0. The van der Waals surface area contributed by atoms with Gasteiger partial charge < -0.3 is 4.57 Å². The Morgan fingerprint density at radius 2 is 1.71 bits per heavy atom. The summed E-state index contributed by atoms with van der Waals surface area (Å²) in [4.78, 5) is 18.4. The second-order valence-corrected chi connectivity index (χ2v) is 11.4. The number of ketones is 1. The van der Waals surface area contributed by atoms with Crippen molar-refractivity contribution in [3.05, 3.63) is 59.1 Å². The van der Waals surface area contributed by atoms with Crippen LogP contribution in [0.25, 0.3) is 11.0 Å². The van der Waals surface area contributed by atoms with E-state index in [1.165, 1.54) is 24.8 Å². The van der Waals surface area contributed by atoms with Gasteiger partial charge in [-0.2, -0.15) is 0 Å². The molecule has 0 atom stereocenters. The lowest BCUT2D eigenvalue weighted by Crippen LogP contribution is -2.50. The van der Waals surface area contributed by atoms with Crippen molar-refractivity contribution in [3.8, 4) is 0 Å². The average molecular weight is 451 g/mol. The molecule has 2 aromatic carbocycles. The second kappa shape index (κ2) is 7.67. The molecule has 0 unspecified atom stereocenters. The Balaban J connectivity index is 1.27. The molecule has 7 rings (SSSR count). The molecule has 4 fully saturated rings. The minimum atomic E-state index is -0.0403. The van der Waals surface area contributed by atoms with E-state index in [2.05, 4.69) is 28.8 Å². The Morgan fingerprint density at radius 3 is 2.39 bits per heavy atom. The molecule has 3 nitrogen and oxygen atoms in total. The highest BCUT2D eigenvalue weighted by Crippen LogP contribution is 2.60. The first-order chi connectivity index (χ1) is 15.1. The van der Waals surface area contributed by atoms with E-state index in [0.717, 1.165) is 59.8 Å². The van der Waals surface area contributed by atoms with Gasteiger partial charge in [-0.3, -0.25) is 4.79 Å². The molecule has 0 N–H and O–H groups in total. The fourth-order valence-corrected chi connectivity index (χ4v) is 8.06. The third-order valence-corrected chi connectivity index (χ3v) is 9.03. The largest absolute Gasteiger partial charge is 0.314 e. The summed E-state index contributed by atoms with van der Waals surface area (Å²) >= 11 is 7.85. The van der Waals surface area contributed by atoms with Crippen LogP contribution < -0.4 is 0 Å². The van der Waals surface area contributed by atoms with Gasteiger partial charge in [-0.05, 0) is 80.0 Å². The SMILES string of the molecule is O=C(CSc1nc2cc(Cl)ccc2n1Cc1ccccc1)C12CC3CC(CC(C3)C1)C2. The van der Waals surface area contributed by atoms with E-state index >= 15 is 0 Å². The van der Waals surface area contributed by atoms with Gasteiger partial charge in [-0.25, -0.2) is 4.98 Å². The lowest BCUT2D eigenvalue weighted by atomic mass is 9.48. The zero-order chi connectivity index (χ0) is 21.0. The maximum atomic E-state index is 13.5. The predicted octanol–water partition coefficient (Wildman–Crippen LogP) is 6.62. The van der Waals surface area contributed by atoms with Crippen molar-refractivity contribution in [2.24, 2.45) is 23.2 Å². The van der Waals surface area contributed by atoms with Gasteiger partial charge in [0, 0.05) is 10.4 Å². The van der Waals surface area contributed by atoms with Gasteiger partial charge in [0.05, 0.1) is 23.3 Å². The molecule has 0 saturated heterocycles. The van der Waals surface area contributed by atoms with E-state index in [0.29, 0.717) is 16.6 Å². The molecule has 4 bridgehead atoms. The number of imidazole rings is 1. The topological polar surface area (TPSA) is 34.9 Å². The summed E-state index contributed by atoms with van der Waals surface area (Å²) in [5.74, 6) is 3.38. The first-order valence-electron chi connectivity index (χ1n) is 11.4. The van der Waals surface area contributed by atoms with Crippen LogP contribution in [0.2, 0.25) is 5.02 Å². The highest BCUT2D eigenvalue weighted by Gasteiger charge is 2.54. The summed E-state index contributed by atoms with van der Waals surface area (Å²) < 4.78 is 2.23. The van der Waals surface area contributed by atoms with Crippen molar-refractivity contribution >= 4 is 40.2 Å². The Bertz CT molecular complexity index is 1100. The molecule has 5 heteroatoms. The molecule has 4 aliphatic rings. The number of aromatic nitrogens is 2. The van der Waals surface area contributed by atoms with Gasteiger partial charge in [-0.15, -0.1) is 0 Å². The second-order valence-electron chi connectivity index (χ2n) is 10.0. The van der Waals surface area contributed by atoms with Crippen LogP contribution in [0.4, 0.5) is 0 Å². The minimum Gasteiger partial charge on any atom is -0.314 e. The lowest BCUT2D eigenvalue weighted by Gasteiger charge is -2.56. The van der Waals surface area contributed by atoms with Crippen LogP contribution in [-0.4, -0.2) is 21.1 Å². The van der Waals surface area contributed by atoms with Crippen LogP contribution in [0.15, 0.2) is 53.7 Å². The number of thioether (sulfide) groups is 1. The smallest absolute Gasteiger partial charge is 0.169 e. The zero-order valence-corrected chi connectivity index (χ0v) is 19.2. The summed E-state index contributed by atoms with van der Waals surface area (Å²) in [6.07, 6.45) is 7.51.